The van der Waals surface area contributed by atoms with Gasteiger partial charge >= 0.3 is 5.97 Å². The molecular formula is C13H21NO3S. The van der Waals surface area contributed by atoms with Gasteiger partial charge in [0.1, 0.15) is 0 Å². The van der Waals surface area contributed by atoms with Crippen LogP contribution >= 0.6 is 11.8 Å². The van der Waals surface area contributed by atoms with Crippen molar-refractivity contribution in [1.82, 2.24) is 5.32 Å². The Bertz CT molecular complexity index is 344. The minimum absolute atomic E-state index is 0.0116. The van der Waals surface area contributed by atoms with Crippen LogP contribution in [0.2, 0.25) is 0 Å². The predicted molar refractivity (Wildman–Crippen MR) is 71.6 cm³/mol. The first-order valence-corrected chi connectivity index (χ1v) is 7.63. The number of carboxylic acid groups (broad SMARTS) is 1. The smallest absolute Gasteiger partial charge is 0.311 e. The summed E-state index contributed by atoms with van der Waals surface area (Å²) in [6, 6.07) is 0. The number of amides is 1. The number of hydrogen-bond acceptors (Lipinski definition) is 3. The van der Waals surface area contributed by atoms with Gasteiger partial charge in [-0.25, -0.2) is 0 Å². The van der Waals surface area contributed by atoms with Crippen LogP contribution in [0.25, 0.3) is 0 Å². The molecule has 1 saturated heterocycles. The lowest BCUT2D eigenvalue weighted by Crippen LogP contribution is -2.47. The summed E-state index contributed by atoms with van der Waals surface area (Å²) in [5.74, 6) is 0.274. The molecule has 1 aliphatic heterocycles. The SMILES string of the molecule is CC1(C(=O)NCC2(C(=O)O)CCCC2)CCCS1. The van der Waals surface area contributed by atoms with Gasteiger partial charge < -0.3 is 10.4 Å². The largest absolute Gasteiger partial charge is 0.481 e. The van der Waals surface area contributed by atoms with Gasteiger partial charge in [0.15, 0.2) is 0 Å². The maximum atomic E-state index is 12.2. The normalized spacial score (nSPS) is 30.3. The molecule has 0 bridgehead atoms. The number of nitrogens with one attached hydrogen (secondary N) is 1. The van der Waals surface area contributed by atoms with Crippen molar-refractivity contribution in [3.63, 3.8) is 0 Å². The van der Waals surface area contributed by atoms with Crippen molar-refractivity contribution in [1.29, 1.82) is 0 Å². The number of hydrogen-bond donors (Lipinski definition) is 2. The van der Waals surface area contributed by atoms with Gasteiger partial charge in [-0.15, -0.1) is 11.8 Å². The van der Waals surface area contributed by atoms with Crippen molar-refractivity contribution >= 4 is 23.6 Å². The molecule has 1 heterocycles. The summed E-state index contributed by atoms with van der Waals surface area (Å²) in [4.78, 5) is 23.5. The molecule has 0 aromatic heterocycles. The van der Waals surface area contributed by atoms with Crippen molar-refractivity contribution in [2.45, 2.75) is 50.2 Å². The molecule has 4 nitrogen and oxygen atoms in total. The molecule has 0 aromatic carbocycles. The van der Waals surface area contributed by atoms with E-state index in [0.29, 0.717) is 12.8 Å². The molecule has 5 heteroatoms. The third-order valence-corrected chi connectivity index (χ3v) is 5.82. The van der Waals surface area contributed by atoms with Gasteiger partial charge in [0, 0.05) is 6.54 Å². The fraction of sp³-hybridized carbons (Fsp3) is 0.846. The molecule has 1 saturated carbocycles. The third-order valence-electron chi connectivity index (χ3n) is 4.30. The van der Waals surface area contributed by atoms with Gasteiger partial charge in [0.05, 0.1) is 10.2 Å². The molecular weight excluding hydrogens is 250 g/mol. The van der Waals surface area contributed by atoms with E-state index in [1.165, 1.54) is 0 Å². The number of carbonyl (C=O) groups excluding carboxylic acids is 1. The van der Waals surface area contributed by atoms with E-state index in [4.69, 9.17) is 0 Å². The highest BCUT2D eigenvalue weighted by atomic mass is 32.2. The fourth-order valence-corrected chi connectivity index (χ4v) is 4.14. The van der Waals surface area contributed by atoms with E-state index in [1.54, 1.807) is 11.8 Å². The summed E-state index contributed by atoms with van der Waals surface area (Å²) in [6.07, 6.45) is 5.24. The summed E-state index contributed by atoms with van der Waals surface area (Å²) in [6.45, 7) is 2.25. The molecule has 1 unspecified atom stereocenters. The molecule has 1 amide bonds. The minimum atomic E-state index is -0.760. The molecule has 2 aliphatic rings. The number of aliphatic carboxylic acids is 1. The average molecular weight is 271 g/mol. The Morgan fingerprint density at radius 1 is 1.22 bits per heavy atom. The van der Waals surface area contributed by atoms with Gasteiger partial charge in [0.25, 0.3) is 0 Å². The van der Waals surface area contributed by atoms with Crippen LogP contribution in [-0.2, 0) is 9.59 Å². The van der Waals surface area contributed by atoms with Gasteiger partial charge in [-0.3, -0.25) is 9.59 Å². The monoisotopic (exact) mass is 271 g/mol. The van der Waals surface area contributed by atoms with Gasteiger partial charge in [-0.2, -0.15) is 0 Å². The second-order valence-electron chi connectivity index (χ2n) is 5.66. The van der Waals surface area contributed by atoms with Crippen LogP contribution < -0.4 is 5.32 Å². The second kappa shape index (κ2) is 5.11. The highest BCUT2D eigenvalue weighted by molar-refractivity contribution is 8.01. The molecule has 102 valence electrons. The van der Waals surface area contributed by atoms with Crippen molar-refractivity contribution in [3.05, 3.63) is 0 Å². The lowest BCUT2D eigenvalue weighted by Gasteiger charge is -2.27. The number of carboxylic acids is 1. The van der Waals surface area contributed by atoms with Crippen LogP contribution in [0.5, 0.6) is 0 Å². The van der Waals surface area contributed by atoms with Crippen molar-refractivity contribution < 1.29 is 14.7 Å². The fourth-order valence-electron chi connectivity index (χ4n) is 2.91. The van der Waals surface area contributed by atoms with Gasteiger partial charge in [0.2, 0.25) is 5.91 Å². The van der Waals surface area contributed by atoms with Crippen LogP contribution in [0, 0.1) is 5.41 Å². The average Bonchev–Trinajstić information content (AvgIpc) is 2.96. The molecule has 1 aliphatic carbocycles. The molecule has 2 rings (SSSR count). The highest BCUT2D eigenvalue weighted by Crippen LogP contribution is 2.40. The first kappa shape index (κ1) is 13.7. The van der Waals surface area contributed by atoms with E-state index < -0.39 is 11.4 Å². The highest BCUT2D eigenvalue weighted by Gasteiger charge is 2.43. The summed E-state index contributed by atoms with van der Waals surface area (Å²) in [5, 5.41) is 12.2. The Balaban J connectivity index is 1.94. The number of carbonyl (C=O) groups is 2. The van der Waals surface area contributed by atoms with Crippen molar-refractivity contribution in [2.75, 3.05) is 12.3 Å². The zero-order valence-corrected chi connectivity index (χ0v) is 11.6. The van der Waals surface area contributed by atoms with Crippen molar-refractivity contribution in [3.8, 4) is 0 Å². The second-order valence-corrected chi connectivity index (χ2v) is 7.26. The quantitative estimate of drug-likeness (QED) is 0.821. The Morgan fingerprint density at radius 2 is 1.89 bits per heavy atom. The van der Waals surface area contributed by atoms with E-state index >= 15 is 0 Å². The molecule has 0 aromatic rings. The van der Waals surface area contributed by atoms with E-state index in [-0.39, 0.29) is 17.2 Å². The molecule has 2 fully saturated rings. The summed E-state index contributed by atoms with van der Waals surface area (Å²) in [7, 11) is 0. The minimum Gasteiger partial charge on any atom is -0.481 e. The van der Waals surface area contributed by atoms with E-state index in [2.05, 4.69) is 5.32 Å². The first-order chi connectivity index (χ1) is 8.49. The molecule has 0 spiro atoms. The van der Waals surface area contributed by atoms with Crippen LogP contribution in [0.1, 0.15) is 45.4 Å². The zero-order chi connectivity index (χ0) is 13.2. The Labute approximate surface area is 112 Å². The van der Waals surface area contributed by atoms with Crippen molar-refractivity contribution in [2.24, 2.45) is 5.41 Å². The maximum Gasteiger partial charge on any atom is 0.311 e. The standard InChI is InChI=1S/C13H21NO3S/c1-12(5-4-8-18-12)10(15)14-9-13(11(16)17)6-2-3-7-13/h2-9H2,1H3,(H,14,15)(H,16,17). The summed E-state index contributed by atoms with van der Waals surface area (Å²) < 4.78 is -0.349. The first-order valence-electron chi connectivity index (χ1n) is 6.64. The Hall–Kier alpha value is -0.710. The molecule has 1 atom stereocenters. The number of thioether (sulfide) groups is 1. The number of rotatable bonds is 4. The van der Waals surface area contributed by atoms with Crippen LogP contribution in [-0.4, -0.2) is 34.0 Å². The Kier molecular flexibility index (Phi) is 3.90. The van der Waals surface area contributed by atoms with Crippen LogP contribution in [0.4, 0.5) is 0 Å². The summed E-state index contributed by atoms with van der Waals surface area (Å²) >= 11 is 1.68. The molecule has 2 N–H and O–H groups in total. The lowest BCUT2D eigenvalue weighted by molar-refractivity contribution is -0.148. The van der Waals surface area contributed by atoms with E-state index in [0.717, 1.165) is 31.4 Å². The van der Waals surface area contributed by atoms with Crippen LogP contribution in [0.3, 0.4) is 0 Å². The molecule has 0 radical (unpaired) electrons. The Morgan fingerprint density at radius 3 is 2.39 bits per heavy atom. The maximum absolute atomic E-state index is 12.2. The zero-order valence-electron chi connectivity index (χ0n) is 10.8. The van der Waals surface area contributed by atoms with E-state index in [9.17, 15) is 14.7 Å². The van der Waals surface area contributed by atoms with Crippen LogP contribution in [0.15, 0.2) is 0 Å². The third kappa shape index (κ3) is 2.51. The van der Waals surface area contributed by atoms with E-state index in [1.807, 2.05) is 6.92 Å². The molecule has 18 heavy (non-hydrogen) atoms. The topological polar surface area (TPSA) is 66.4 Å². The summed E-state index contributed by atoms with van der Waals surface area (Å²) in [5.41, 5.74) is -0.713. The predicted octanol–water partition coefficient (Wildman–Crippen LogP) is 2.03. The van der Waals surface area contributed by atoms with Gasteiger partial charge in [-0.05, 0) is 38.4 Å². The lowest BCUT2D eigenvalue weighted by atomic mass is 9.86. The van der Waals surface area contributed by atoms with Gasteiger partial charge in [-0.1, -0.05) is 12.8 Å².